The lowest BCUT2D eigenvalue weighted by molar-refractivity contribution is -0.140. The third kappa shape index (κ3) is 3.35. The van der Waals surface area contributed by atoms with E-state index < -0.39 is 17.7 Å². The molecule has 1 N–H and O–H groups in total. The van der Waals surface area contributed by atoms with Crippen molar-refractivity contribution in [2.75, 3.05) is 19.9 Å². The molecule has 0 aromatic heterocycles. The van der Waals surface area contributed by atoms with Gasteiger partial charge in [0.1, 0.15) is 5.76 Å². The van der Waals surface area contributed by atoms with Gasteiger partial charge in [0.2, 0.25) is 6.79 Å². The Bertz CT molecular complexity index is 1090. The molecular weight excluding hydrogens is 398 g/mol. The first-order valence-corrected chi connectivity index (χ1v) is 10.4. The van der Waals surface area contributed by atoms with Gasteiger partial charge in [-0.05, 0) is 49.1 Å². The summed E-state index contributed by atoms with van der Waals surface area (Å²) in [5.41, 5.74) is 2.22. The number of fused-ring (bicyclic) bond motifs is 1. The summed E-state index contributed by atoms with van der Waals surface area (Å²) in [7, 11) is 0. The number of Topliss-reactive ketones (excluding diaryl/α,β-unsaturated/α-hetero) is 1. The summed E-state index contributed by atoms with van der Waals surface area (Å²) < 4.78 is 16.5. The molecule has 5 rings (SSSR count). The summed E-state index contributed by atoms with van der Waals surface area (Å²) in [6.45, 7) is 3.00. The Morgan fingerprint density at radius 3 is 2.71 bits per heavy atom. The van der Waals surface area contributed by atoms with Crippen LogP contribution in [0.3, 0.4) is 0 Å². The predicted octanol–water partition coefficient (Wildman–Crippen LogP) is 3.32. The topological polar surface area (TPSA) is 85.3 Å². The van der Waals surface area contributed by atoms with Crippen LogP contribution in [0.4, 0.5) is 0 Å². The first kappa shape index (κ1) is 19.6. The molecule has 31 heavy (non-hydrogen) atoms. The van der Waals surface area contributed by atoms with E-state index in [0.717, 1.165) is 24.0 Å². The number of amides is 1. The number of aryl methyl sites for hydroxylation is 1. The lowest BCUT2D eigenvalue weighted by Gasteiger charge is -2.28. The molecule has 2 atom stereocenters. The molecule has 0 aliphatic carbocycles. The fourth-order valence-corrected chi connectivity index (χ4v) is 4.49. The van der Waals surface area contributed by atoms with E-state index in [-0.39, 0.29) is 24.2 Å². The van der Waals surface area contributed by atoms with Crippen molar-refractivity contribution in [3.8, 4) is 11.5 Å². The van der Waals surface area contributed by atoms with Gasteiger partial charge in [0.05, 0.1) is 17.7 Å². The number of carbonyl (C=O) groups is 2. The van der Waals surface area contributed by atoms with E-state index in [0.29, 0.717) is 30.2 Å². The molecule has 0 bridgehead atoms. The Balaban J connectivity index is 1.63. The zero-order valence-corrected chi connectivity index (χ0v) is 17.2. The number of rotatable bonds is 4. The zero-order chi connectivity index (χ0) is 21.5. The third-order valence-corrected chi connectivity index (χ3v) is 6.09. The van der Waals surface area contributed by atoms with Crippen LogP contribution in [-0.2, 0) is 14.3 Å². The van der Waals surface area contributed by atoms with Gasteiger partial charge in [-0.25, -0.2) is 0 Å². The van der Waals surface area contributed by atoms with E-state index in [9.17, 15) is 14.7 Å². The zero-order valence-electron chi connectivity index (χ0n) is 17.2. The Morgan fingerprint density at radius 2 is 1.94 bits per heavy atom. The van der Waals surface area contributed by atoms with Crippen LogP contribution in [0.1, 0.15) is 35.6 Å². The largest absolute Gasteiger partial charge is 0.507 e. The minimum absolute atomic E-state index is 0.0798. The van der Waals surface area contributed by atoms with Crippen molar-refractivity contribution in [3.05, 3.63) is 64.7 Å². The molecule has 7 heteroatoms. The Hall–Kier alpha value is -3.32. The van der Waals surface area contributed by atoms with Crippen LogP contribution in [0.5, 0.6) is 11.5 Å². The van der Waals surface area contributed by atoms with E-state index in [2.05, 4.69) is 0 Å². The summed E-state index contributed by atoms with van der Waals surface area (Å²) in [4.78, 5) is 27.7. The van der Waals surface area contributed by atoms with Crippen molar-refractivity contribution >= 4 is 17.4 Å². The first-order chi connectivity index (χ1) is 15.0. The van der Waals surface area contributed by atoms with Gasteiger partial charge < -0.3 is 24.2 Å². The molecule has 2 aromatic carbocycles. The molecule has 2 fully saturated rings. The second kappa shape index (κ2) is 7.74. The summed E-state index contributed by atoms with van der Waals surface area (Å²) in [6, 6.07) is 11.9. The van der Waals surface area contributed by atoms with Gasteiger partial charge in [-0.3, -0.25) is 9.59 Å². The maximum Gasteiger partial charge on any atom is 0.295 e. The molecule has 2 unspecified atom stereocenters. The minimum atomic E-state index is -0.693. The van der Waals surface area contributed by atoms with Crippen molar-refractivity contribution in [3.63, 3.8) is 0 Å². The van der Waals surface area contributed by atoms with E-state index >= 15 is 0 Å². The van der Waals surface area contributed by atoms with Gasteiger partial charge in [0, 0.05) is 18.7 Å². The summed E-state index contributed by atoms with van der Waals surface area (Å²) in [5.74, 6) is -0.469. The number of ketones is 1. The highest BCUT2D eigenvalue weighted by molar-refractivity contribution is 6.46. The number of aliphatic hydroxyl groups excluding tert-OH is 1. The monoisotopic (exact) mass is 421 g/mol. The summed E-state index contributed by atoms with van der Waals surface area (Å²) in [6.07, 6.45) is 1.65. The third-order valence-electron chi connectivity index (χ3n) is 6.09. The molecule has 0 spiro atoms. The van der Waals surface area contributed by atoms with Crippen LogP contribution in [0.15, 0.2) is 48.0 Å². The molecule has 1 amide bonds. The molecule has 2 aromatic rings. The van der Waals surface area contributed by atoms with Crippen molar-refractivity contribution in [2.24, 2.45) is 0 Å². The van der Waals surface area contributed by atoms with Crippen LogP contribution in [0, 0.1) is 6.92 Å². The molecule has 0 saturated carbocycles. The number of hydrogen-bond acceptors (Lipinski definition) is 6. The van der Waals surface area contributed by atoms with E-state index in [4.69, 9.17) is 14.2 Å². The molecule has 2 saturated heterocycles. The number of aliphatic hydroxyl groups is 1. The summed E-state index contributed by atoms with van der Waals surface area (Å²) >= 11 is 0. The van der Waals surface area contributed by atoms with Gasteiger partial charge in [-0.2, -0.15) is 0 Å². The minimum Gasteiger partial charge on any atom is -0.507 e. The number of benzene rings is 2. The van der Waals surface area contributed by atoms with Crippen LogP contribution in [-0.4, -0.2) is 47.7 Å². The van der Waals surface area contributed by atoms with Crippen molar-refractivity contribution in [1.82, 2.24) is 4.90 Å². The number of ether oxygens (including phenoxy) is 3. The average molecular weight is 421 g/mol. The fourth-order valence-electron chi connectivity index (χ4n) is 4.49. The molecule has 3 aliphatic heterocycles. The smallest absolute Gasteiger partial charge is 0.295 e. The number of nitrogens with zero attached hydrogens (tertiary/aromatic N) is 1. The van der Waals surface area contributed by atoms with Crippen LogP contribution >= 0.6 is 0 Å². The first-order valence-electron chi connectivity index (χ1n) is 10.4. The molecular formula is C24H23NO6. The van der Waals surface area contributed by atoms with Crippen LogP contribution in [0.2, 0.25) is 0 Å². The van der Waals surface area contributed by atoms with Gasteiger partial charge in [0.15, 0.2) is 11.5 Å². The van der Waals surface area contributed by atoms with E-state index in [1.807, 2.05) is 31.2 Å². The Labute approximate surface area is 179 Å². The summed E-state index contributed by atoms with van der Waals surface area (Å²) in [5, 5.41) is 11.2. The Kier molecular flexibility index (Phi) is 4.90. The van der Waals surface area contributed by atoms with Gasteiger partial charge in [0.25, 0.3) is 11.7 Å². The van der Waals surface area contributed by atoms with Crippen molar-refractivity contribution in [1.29, 1.82) is 0 Å². The van der Waals surface area contributed by atoms with E-state index in [1.54, 1.807) is 23.1 Å². The molecule has 0 radical (unpaired) electrons. The maximum absolute atomic E-state index is 13.1. The second-order valence-electron chi connectivity index (χ2n) is 8.01. The number of hydrogen-bond donors (Lipinski definition) is 1. The standard InChI is InChI=1S/C24H23NO6/c1-14-5-2-3-7-17(14)21-20(22(26)15-8-9-18-19(11-15)31-13-30-18)23(27)24(28)25(21)12-16-6-4-10-29-16/h2-3,5,7-9,11,16,21,26H,4,6,10,12-13H2,1H3/b22-20+. The van der Waals surface area contributed by atoms with Crippen molar-refractivity contribution in [2.45, 2.75) is 31.9 Å². The molecule has 3 heterocycles. The van der Waals surface area contributed by atoms with E-state index in [1.165, 1.54) is 0 Å². The highest BCUT2D eigenvalue weighted by Crippen LogP contribution is 2.42. The quantitative estimate of drug-likeness (QED) is 0.463. The van der Waals surface area contributed by atoms with Crippen LogP contribution in [0.25, 0.3) is 5.76 Å². The fraction of sp³-hybridized carbons (Fsp3) is 0.333. The highest BCUT2D eigenvalue weighted by Gasteiger charge is 2.47. The SMILES string of the molecule is Cc1ccccc1C1/C(=C(\O)c2ccc3c(c2)OCO3)C(=O)C(=O)N1CC1CCCO1. The molecule has 7 nitrogen and oxygen atoms in total. The van der Waals surface area contributed by atoms with Crippen LogP contribution < -0.4 is 9.47 Å². The van der Waals surface area contributed by atoms with Gasteiger partial charge >= 0.3 is 0 Å². The van der Waals surface area contributed by atoms with Gasteiger partial charge in [-0.1, -0.05) is 24.3 Å². The lowest BCUT2D eigenvalue weighted by atomic mass is 9.92. The normalized spacial score (nSPS) is 24.2. The average Bonchev–Trinajstić information content (AvgIpc) is 3.50. The maximum atomic E-state index is 13.1. The Morgan fingerprint density at radius 1 is 1.13 bits per heavy atom. The predicted molar refractivity (Wildman–Crippen MR) is 112 cm³/mol. The second-order valence-corrected chi connectivity index (χ2v) is 8.01. The highest BCUT2D eigenvalue weighted by atomic mass is 16.7. The lowest BCUT2D eigenvalue weighted by Crippen LogP contribution is -2.36. The van der Waals surface area contributed by atoms with Crippen molar-refractivity contribution < 1.29 is 28.9 Å². The molecule has 3 aliphatic rings. The number of carbonyl (C=O) groups excluding carboxylic acids is 2. The number of likely N-dealkylation sites (tertiary alicyclic amines) is 1. The molecule has 160 valence electrons. The van der Waals surface area contributed by atoms with Gasteiger partial charge in [-0.15, -0.1) is 0 Å².